The lowest BCUT2D eigenvalue weighted by molar-refractivity contribution is -0.323. The van der Waals surface area contributed by atoms with Crippen LogP contribution in [-0.4, -0.2) is 86.6 Å². The molecule has 10 nitrogen and oxygen atoms in total. The Balaban J connectivity index is 1.09. The van der Waals surface area contributed by atoms with Crippen molar-refractivity contribution in [3.63, 3.8) is 0 Å². The molecule has 2 N–H and O–H groups in total. The van der Waals surface area contributed by atoms with Crippen LogP contribution in [0.5, 0.6) is 0 Å². The van der Waals surface area contributed by atoms with E-state index in [2.05, 4.69) is 55.4 Å². The van der Waals surface area contributed by atoms with Gasteiger partial charge in [0.1, 0.15) is 6.61 Å². The van der Waals surface area contributed by atoms with Crippen molar-refractivity contribution in [2.24, 2.45) is 57.2 Å². The van der Waals surface area contributed by atoms with Gasteiger partial charge in [0.05, 0.1) is 50.7 Å². The number of carbonyl (C=O) groups excluding carboxylic acids is 2. The number of ether oxygens (including phenoxy) is 6. The lowest BCUT2D eigenvalue weighted by atomic mass is 9.63. The van der Waals surface area contributed by atoms with Crippen molar-refractivity contribution in [2.45, 2.75) is 152 Å². The molecule has 10 heteroatoms. The molecule has 2 saturated carbocycles. The van der Waals surface area contributed by atoms with E-state index in [-0.39, 0.29) is 71.9 Å². The number of aliphatic hydroxyl groups is 2. The number of hydrogen-bond acceptors (Lipinski definition) is 10. The van der Waals surface area contributed by atoms with Gasteiger partial charge in [-0.15, -0.1) is 0 Å². The molecule has 0 amide bonds. The van der Waals surface area contributed by atoms with Crippen LogP contribution in [0.15, 0.2) is 0 Å². The van der Waals surface area contributed by atoms with Gasteiger partial charge in [-0.1, -0.05) is 69.2 Å². The highest BCUT2D eigenvalue weighted by molar-refractivity contribution is 5.69. The van der Waals surface area contributed by atoms with Gasteiger partial charge in [0.15, 0.2) is 12.6 Å². The molecular formula is C41H72O10. The second kappa shape index (κ2) is 17.4. The van der Waals surface area contributed by atoms with Crippen molar-refractivity contribution in [2.75, 3.05) is 39.6 Å². The summed E-state index contributed by atoms with van der Waals surface area (Å²) >= 11 is 0. The molecule has 8 atom stereocenters. The lowest BCUT2D eigenvalue weighted by Crippen LogP contribution is -2.55. The first-order chi connectivity index (χ1) is 23.7. The topological polar surface area (TPSA) is 130 Å². The summed E-state index contributed by atoms with van der Waals surface area (Å²) in [5.41, 5.74) is -0.886. The van der Waals surface area contributed by atoms with Gasteiger partial charge < -0.3 is 38.6 Å². The van der Waals surface area contributed by atoms with Crippen molar-refractivity contribution in [1.82, 2.24) is 0 Å². The van der Waals surface area contributed by atoms with E-state index in [1.807, 2.05) is 13.8 Å². The predicted octanol–water partition coefficient (Wildman–Crippen LogP) is 6.92. The Morgan fingerprint density at radius 2 is 1.08 bits per heavy atom. The van der Waals surface area contributed by atoms with E-state index in [1.54, 1.807) is 0 Å². The van der Waals surface area contributed by atoms with Gasteiger partial charge in [0, 0.05) is 24.7 Å². The highest BCUT2D eigenvalue weighted by Gasteiger charge is 2.46. The Kier molecular flexibility index (Phi) is 14.5. The summed E-state index contributed by atoms with van der Waals surface area (Å²) in [5, 5.41) is 21.4. The fraction of sp³-hybridized carbons (Fsp3) is 0.951. The van der Waals surface area contributed by atoms with Gasteiger partial charge in [-0.05, 0) is 84.9 Å². The summed E-state index contributed by atoms with van der Waals surface area (Å²) in [5.74, 6) is 1.35. The minimum Gasteiger partial charge on any atom is -0.465 e. The molecule has 1 spiro atoms. The second-order valence-electron chi connectivity index (χ2n) is 19.8. The number of carbonyl (C=O) groups is 2. The zero-order valence-electron chi connectivity index (χ0n) is 33.5. The summed E-state index contributed by atoms with van der Waals surface area (Å²) in [4.78, 5) is 25.3. The van der Waals surface area contributed by atoms with Crippen molar-refractivity contribution < 1.29 is 48.2 Å². The third-order valence-electron chi connectivity index (χ3n) is 12.4. The molecule has 8 unspecified atom stereocenters. The zero-order chi connectivity index (χ0) is 37.8. The van der Waals surface area contributed by atoms with Gasteiger partial charge in [0.2, 0.25) is 0 Å². The first-order valence-electron chi connectivity index (χ1n) is 19.8. The van der Waals surface area contributed by atoms with Crippen molar-refractivity contribution in [1.29, 1.82) is 0 Å². The highest BCUT2D eigenvalue weighted by Crippen LogP contribution is 2.45. The van der Waals surface area contributed by atoms with Crippen LogP contribution in [0.2, 0.25) is 0 Å². The first kappa shape index (κ1) is 42.4. The van der Waals surface area contributed by atoms with Gasteiger partial charge in [0.25, 0.3) is 0 Å². The largest absolute Gasteiger partial charge is 0.465 e. The third-order valence-corrected chi connectivity index (χ3v) is 12.4. The smallest absolute Gasteiger partial charge is 0.305 e. The minimum atomic E-state index is -0.536. The maximum absolute atomic E-state index is 12.8. The molecule has 4 fully saturated rings. The molecule has 4 rings (SSSR count). The van der Waals surface area contributed by atoms with Gasteiger partial charge in [-0.25, -0.2) is 0 Å². The van der Waals surface area contributed by atoms with Gasteiger partial charge >= 0.3 is 11.9 Å². The molecule has 2 aliphatic carbocycles. The summed E-state index contributed by atoms with van der Waals surface area (Å²) in [6, 6.07) is 0. The van der Waals surface area contributed by atoms with E-state index < -0.39 is 23.4 Å². The van der Waals surface area contributed by atoms with E-state index in [0.29, 0.717) is 57.5 Å². The Morgan fingerprint density at radius 1 is 0.647 bits per heavy atom. The van der Waals surface area contributed by atoms with Gasteiger partial charge in [-0.3, -0.25) is 9.59 Å². The van der Waals surface area contributed by atoms with E-state index in [9.17, 15) is 19.8 Å². The molecule has 51 heavy (non-hydrogen) atoms. The monoisotopic (exact) mass is 725 g/mol. The molecule has 296 valence electrons. The minimum absolute atomic E-state index is 0.0293. The van der Waals surface area contributed by atoms with E-state index in [0.717, 1.165) is 38.5 Å². The molecule has 0 aromatic heterocycles. The van der Waals surface area contributed by atoms with Crippen LogP contribution in [0, 0.1) is 57.2 Å². The molecule has 0 bridgehead atoms. The molecule has 2 heterocycles. The molecular weight excluding hydrogens is 652 g/mol. The summed E-state index contributed by atoms with van der Waals surface area (Å²) in [7, 11) is 0. The number of hydrogen-bond donors (Lipinski definition) is 2. The van der Waals surface area contributed by atoms with Crippen molar-refractivity contribution >= 4 is 11.9 Å². The second-order valence-corrected chi connectivity index (χ2v) is 19.8. The average Bonchev–Trinajstić information content (AvgIpc) is 3.05. The summed E-state index contributed by atoms with van der Waals surface area (Å²) in [6.07, 6.45) is 4.97. The van der Waals surface area contributed by atoms with E-state index >= 15 is 0 Å². The van der Waals surface area contributed by atoms with Crippen LogP contribution in [-0.2, 0) is 38.0 Å². The maximum Gasteiger partial charge on any atom is 0.305 e. The Bertz CT molecular complexity index is 1110. The highest BCUT2D eigenvalue weighted by atomic mass is 16.7. The summed E-state index contributed by atoms with van der Waals surface area (Å²) < 4.78 is 35.6. The molecule has 4 aliphatic rings. The van der Waals surface area contributed by atoms with Crippen molar-refractivity contribution in [3.05, 3.63) is 0 Å². The number of esters is 2. The normalized spacial score (nSPS) is 36.9. The van der Waals surface area contributed by atoms with Gasteiger partial charge in [-0.2, -0.15) is 0 Å². The molecule has 2 aliphatic heterocycles. The van der Waals surface area contributed by atoms with Crippen LogP contribution >= 0.6 is 0 Å². The molecule has 2 saturated heterocycles. The lowest BCUT2D eigenvalue weighted by Gasteiger charge is -2.46. The quantitative estimate of drug-likeness (QED) is 0.205. The third kappa shape index (κ3) is 11.8. The fourth-order valence-corrected chi connectivity index (χ4v) is 8.92. The van der Waals surface area contributed by atoms with Crippen LogP contribution < -0.4 is 0 Å². The average molecular weight is 725 g/mol. The molecule has 0 aromatic rings. The predicted molar refractivity (Wildman–Crippen MR) is 194 cm³/mol. The van der Waals surface area contributed by atoms with Crippen LogP contribution in [0.1, 0.15) is 127 Å². The Hall–Kier alpha value is -1.30. The van der Waals surface area contributed by atoms with E-state index in [1.165, 1.54) is 0 Å². The van der Waals surface area contributed by atoms with Crippen LogP contribution in [0.3, 0.4) is 0 Å². The summed E-state index contributed by atoms with van der Waals surface area (Å²) in [6.45, 7) is 23.4. The fourth-order valence-electron chi connectivity index (χ4n) is 8.92. The zero-order valence-corrected chi connectivity index (χ0v) is 33.5. The Morgan fingerprint density at radius 3 is 1.53 bits per heavy atom. The first-order valence-corrected chi connectivity index (χ1v) is 19.8. The number of rotatable bonds is 12. The van der Waals surface area contributed by atoms with Crippen molar-refractivity contribution in [3.8, 4) is 0 Å². The number of aliphatic hydroxyl groups excluding tert-OH is 2. The van der Waals surface area contributed by atoms with Crippen LogP contribution in [0.4, 0.5) is 0 Å². The Labute approximate surface area is 308 Å². The molecule has 0 aromatic carbocycles. The maximum atomic E-state index is 12.8. The van der Waals surface area contributed by atoms with Crippen LogP contribution in [0.25, 0.3) is 0 Å². The SMILES string of the molecule is CC1CC(CCC(=O)OCCC2OCC3(CO2)COC(C(C)(C)COC(=O)CCC2CC(C)C(O)C(C(C)(C)C)C2)OC3)CC(C(C)(C)C)C1O. The molecule has 0 radical (unpaired) electrons. The van der Waals surface area contributed by atoms with E-state index in [4.69, 9.17) is 28.4 Å². The standard InChI is InChI=1S/C41H72O10/c1-26-17-28(19-30(35(26)44)38(3,4)5)11-13-32(42)46-16-15-34-48-22-41(23-49-34)24-50-37(51-25-41)40(9,10)21-47-33(43)14-12-29-18-27(2)36(45)31(20-29)39(6,7)8/h26-31,34-37,44-45H,11-25H2,1-10H3.